The zero-order valence-electron chi connectivity index (χ0n) is 9.14. The molecule has 1 saturated heterocycles. The molecule has 2 rings (SSSR count). The standard InChI is InChI=1S/C11H10ClF3N2O/c12-7-3-6(1-2-8(7)13)17-10(18)9-4-11(14,15)5-16-9/h1-3,9,16H,4-5H2,(H,17,18). The summed E-state index contributed by atoms with van der Waals surface area (Å²) in [5, 5.41) is 4.69. The molecule has 1 aliphatic rings. The molecule has 1 fully saturated rings. The maximum Gasteiger partial charge on any atom is 0.262 e. The van der Waals surface area contributed by atoms with Gasteiger partial charge in [-0.25, -0.2) is 13.2 Å². The Hall–Kier alpha value is -1.27. The smallest absolute Gasteiger partial charge is 0.262 e. The second kappa shape index (κ2) is 4.78. The van der Waals surface area contributed by atoms with Crippen LogP contribution in [0.1, 0.15) is 6.42 Å². The zero-order chi connectivity index (χ0) is 13.3. The van der Waals surface area contributed by atoms with E-state index >= 15 is 0 Å². The van der Waals surface area contributed by atoms with Crippen molar-refractivity contribution in [3.05, 3.63) is 29.0 Å². The zero-order valence-corrected chi connectivity index (χ0v) is 9.90. The Bertz CT molecular complexity index is 481. The largest absolute Gasteiger partial charge is 0.325 e. The molecule has 0 bridgehead atoms. The van der Waals surface area contributed by atoms with Crippen LogP contribution in [0.4, 0.5) is 18.9 Å². The Morgan fingerprint density at radius 2 is 2.22 bits per heavy atom. The van der Waals surface area contributed by atoms with Crippen molar-refractivity contribution in [2.24, 2.45) is 0 Å². The summed E-state index contributed by atoms with van der Waals surface area (Å²) in [7, 11) is 0. The molecular formula is C11H10ClF3N2O. The minimum Gasteiger partial charge on any atom is -0.325 e. The van der Waals surface area contributed by atoms with E-state index in [1.54, 1.807) is 0 Å². The lowest BCUT2D eigenvalue weighted by Crippen LogP contribution is -2.35. The van der Waals surface area contributed by atoms with Gasteiger partial charge in [-0.2, -0.15) is 0 Å². The molecule has 0 radical (unpaired) electrons. The molecule has 1 heterocycles. The van der Waals surface area contributed by atoms with Gasteiger partial charge in [-0.1, -0.05) is 11.6 Å². The highest BCUT2D eigenvalue weighted by molar-refractivity contribution is 6.31. The second-order valence-electron chi connectivity index (χ2n) is 4.11. The third kappa shape index (κ3) is 2.94. The van der Waals surface area contributed by atoms with Crippen molar-refractivity contribution in [1.82, 2.24) is 5.32 Å². The first kappa shape index (κ1) is 13.2. The van der Waals surface area contributed by atoms with Gasteiger partial charge in [0.15, 0.2) is 0 Å². The number of hydrogen-bond donors (Lipinski definition) is 2. The Morgan fingerprint density at radius 1 is 1.50 bits per heavy atom. The molecule has 0 spiro atoms. The number of rotatable bonds is 2. The van der Waals surface area contributed by atoms with Crippen LogP contribution in [0.15, 0.2) is 18.2 Å². The molecule has 3 nitrogen and oxygen atoms in total. The molecule has 1 aromatic rings. The number of nitrogens with one attached hydrogen (secondary N) is 2. The topological polar surface area (TPSA) is 41.1 Å². The van der Waals surface area contributed by atoms with Crippen LogP contribution in [0.3, 0.4) is 0 Å². The quantitative estimate of drug-likeness (QED) is 0.872. The molecule has 7 heteroatoms. The van der Waals surface area contributed by atoms with Gasteiger partial charge in [-0.05, 0) is 18.2 Å². The first-order chi connectivity index (χ1) is 8.37. The fraction of sp³-hybridized carbons (Fsp3) is 0.364. The molecular weight excluding hydrogens is 269 g/mol. The molecule has 0 saturated carbocycles. The van der Waals surface area contributed by atoms with Gasteiger partial charge in [0, 0.05) is 12.1 Å². The molecule has 1 atom stereocenters. The summed E-state index contributed by atoms with van der Waals surface area (Å²) in [5.41, 5.74) is 0.267. The van der Waals surface area contributed by atoms with E-state index in [4.69, 9.17) is 11.6 Å². The van der Waals surface area contributed by atoms with Crippen LogP contribution in [-0.2, 0) is 4.79 Å². The lowest BCUT2D eigenvalue weighted by atomic mass is 10.2. The Kier molecular flexibility index (Phi) is 3.49. The second-order valence-corrected chi connectivity index (χ2v) is 4.52. The molecule has 1 amide bonds. The number of hydrogen-bond acceptors (Lipinski definition) is 2. The minimum absolute atomic E-state index is 0.141. The average molecular weight is 279 g/mol. The summed E-state index contributed by atoms with van der Waals surface area (Å²) in [5.74, 6) is -4.07. The monoisotopic (exact) mass is 278 g/mol. The van der Waals surface area contributed by atoms with Crippen LogP contribution < -0.4 is 10.6 Å². The lowest BCUT2D eigenvalue weighted by molar-refractivity contribution is -0.118. The predicted molar refractivity (Wildman–Crippen MR) is 61.4 cm³/mol. The maximum atomic E-state index is 12.9. The SMILES string of the molecule is O=C(Nc1ccc(F)c(Cl)c1)C1CC(F)(F)CN1. The van der Waals surface area contributed by atoms with Crippen LogP contribution in [0.2, 0.25) is 5.02 Å². The molecule has 1 aliphatic heterocycles. The van der Waals surface area contributed by atoms with Crippen LogP contribution in [0.5, 0.6) is 0 Å². The van der Waals surface area contributed by atoms with E-state index in [1.807, 2.05) is 0 Å². The summed E-state index contributed by atoms with van der Waals surface area (Å²) in [6.07, 6.45) is -0.548. The number of carbonyl (C=O) groups excluding carboxylic acids is 1. The van der Waals surface area contributed by atoms with Gasteiger partial charge in [0.25, 0.3) is 5.92 Å². The summed E-state index contributed by atoms with van der Waals surface area (Å²) in [6.45, 7) is -0.519. The highest BCUT2D eigenvalue weighted by Gasteiger charge is 2.42. The van der Waals surface area contributed by atoms with Crippen molar-refractivity contribution in [3.8, 4) is 0 Å². The molecule has 18 heavy (non-hydrogen) atoms. The normalized spacial score (nSPS) is 21.9. The van der Waals surface area contributed by atoms with E-state index in [9.17, 15) is 18.0 Å². The molecule has 1 unspecified atom stereocenters. The first-order valence-corrected chi connectivity index (χ1v) is 5.62. The fourth-order valence-corrected chi connectivity index (χ4v) is 1.88. The van der Waals surface area contributed by atoms with Gasteiger partial charge in [0.2, 0.25) is 5.91 Å². The van der Waals surface area contributed by atoms with E-state index < -0.39 is 36.7 Å². The van der Waals surface area contributed by atoms with Crippen molar-refractivity contribution in [1.29, 1.82) is 0 Å². The summed E-state index contributed by atoms with van der Waals surface area (Å²) in [6, 6.07) is 2.67. The van der Waals surface area contributed by atoms with Crippen LogP contribution in [-0.4, -0.2) is 24.4 Å². The Balaban J connectivity index is 2.01. The highest BCUT2D eigenvalue weighted by Crippen LogP contribution is 2.26. The predicted octanol–water partition coefficient (Wildman–Crippen LogP) is 2.41. The third-order valence-electron chi connectivity index (χ3n) is 2.61. The number of anilines is 1. The van der Waals surface area contributed by atoms with Crippen molar-refractivity contribution in [2.75, 3.05) is 11.9 Å². The molecule has 98 valence electrons. The summed E-state index contributed by atoms with van der Waals surface area (Å²) < 4.78 is 38.7. The van der Waals surface area contributed by atoms with E-state index in [0.29, 0.717) is 0 Å². The third-order valence-corrected chi connectivity index (χ3v) is 2.90. The highest BCUT2D eigenvalue weighted by atomic mass is 35.5. The number of amides is 1. The lowest BCUT2D eigenvalue weighted by Gasteiger charge is -2.11. The fourth-order valence-electron chi connectivity index (χ4n) is 1.70. The minimum atomic E-state index is -2.87. The van der Waals surface area contributed by atoms with Crippen molar-refractivity contribution in [2.45, 2.75) is 18.4 Å². The van der Waals surface area contributed by atoms with Gasteiger partial charge in [-0.3, -0.25) is 10.1 Å². The maximum absolute atomic E-state index is 12.9. The van der Waals surface area contributed by atoms with Gasteiger partial charge in [0.1, 0.15) is 5.82 Å². The summed E-state index contributed by atoms with van der Waals surface area (Å²) in [4.78, 5) is 11.7. The van der Waals surface area contributed by atoms with Crippen LogP contribution in [0.25, 0.3) is 0 Å². The van der Waals surface area contributed by atoms with Gasteiger partial charge in [0.05, 0.1) is 17.6 Å². The van der Waals surface area contributed by atoms with Crippen LogP contribution in [0, 0.1) is 5.82 Å². The van der Waals surface area contributed by atoms with Crippen molar-refractivity contribution >= 4 is 23.2 Å². The van der Waals surface area contributed by atoms with Gasteiger partial charge < -0.3 is 5.32 Å². The van der Waals surface area contributed by atoms with Crippen LogP contribution >= 0.6 is 11.6 Å². The molecule has 1 aromatic carbocycles. The van der Waals surface area contributed by atoms with Crippen molar-refractivity contribution in [3.63, 3.8) is 0 Å². The average Bonchev–Trinajstić information content (AvgIpc) is 2.64. The Morgan fingerprint density at radius 3 is 2.78 bits per heavy atom. The summed E-state index contributed by atoms with van der Waals surface area (Å²) >= 11 is 5.54. The number of carbonyl (C=O) groups is 1. The van der Waals surface area contributed by atoms with E-state index in [-0.39, 0.29) is 10.7 Å². The van der Waals surface area contributed by atoms with E-state index in [2.05, 4.69) is 10.6 Å². The van der Waals surface area contributed by atoms with Crippen molar-refractivity contribution < 1.29 is 18.0 Å². The number of alkyl halides is 2. The molecule has 0 aliphatic carbocycles. The molecule has 0 aromatic heterocycles. The first-order valence-electron chi connectivity index (χ1n) is 5.24. The number of halogens is 4. The van der Waals surface area contributed by atoms with Gasteiger partial charge >= 0.3 is 0 Å². The molecule has 2 N–H and O–H groups in total. The van der Waals surface area contributed by atoms with E-state index in [1.165, 1.54) is 12.1 Å². The van der Waals surface area contributed by atoms with Gasteiger partial charge in [-0.15, -0.1) is 0 Å². The Labute approximate surface area is 106 Å². The van der Waals surface area contributed by atoms with E-state index in [0.717, 1.165) is 6.07 Å². The number of benzene rings is 1.